The molecule has 374 valence electrons. The van der Waals surface area contributed by atoms with Gasteiger partial charge in [-0.05, 0) is 107 Å². The first-order chi connectivity index (χ1) is 31.6. The summed E-state index contributed by atoms with van der Waals surface area (Å²) in [6.45, 7) is 21.0. The van der Waals surface area contributed by atoms with Crippen molar-refractivity contribution in [3.63, 3.8) is 0 Å². The van der Waals surface area contributed by atoms with E-state index in [9.17, 15) is 29.4 Å². The molecule has 0 aromatic heterocycles. The predicted molar refractivity (Wildman–Crippen MR) is 254 cm³/mol. The van der Waals surface area contributed by atoms with E-state index >= 15 is 0 Å². The van der Waals surface area contributed by atoms with E-state index < -0.39 is 82.9 Å². The van der Waals surface area contributed by atoms with E-state index in [1.165, 1.54) is 13.0 Å². The summed E-state index contributed by atoms with van der Waals surface area (Å²) in [5, 5.41) is 26.0. The van der Waals surface area contributed by atoms with Crippen LogP contribution in [-0.2, 0) is 47.6 Å². The summed E-state index contributed by atoms with van der Waals surface area (Å²) in [6.07, 6.45) is 8.66. The summed E-state index contributed by atoms with van der Waals surface area (Å²) in [6, 6.07) is 9.48. The Balaban J connectivity index is 1.13. The van der Waals surface area contributed by atoms with Crippen molar-refractivity contribution in [2.45, 2.75) is 206 Å². The minimum absolute atomic E-state index is 0.0322. The van der Waals surface area contributed by atoms with Gasteiger partial charge in [0, 0.05) is 49.0 Å². The summed E-state index contributed by atoms with van der Waals surface area (Å²) < 4.78 is 40.3. The van der Waals surface area contributed by atoms with Gasteiger partial charge in [0.25, 0.3) is 0 Å². The molecule has 2 spiro atoms. The Morgan fingerprint density at radius 3 is 2.24 bits per heavy atom. The number of Topliss-reactive ketones (excluding diaryl/α,β-unsaturated/α-hetero) is 2. The molecule has 0 radical (unpaired) electrons. The molecule has 4 saturated heterocycles. The predicted octanol–water partition coefficient (Wildman–Crippen LogP) is 8.07. The lowest BCUT2D eigenvalue weighted by Crippen LogP contribution is -2.63. The maximum absolute atomic E-state index is 14.8. The molecule has 0 aliphatic carbocycles. The summed E-state index contributed by atoms with van der Waals surface area (Å²) in [5.41, 5.74) is -0.840. The number of carbonyl (C=O) groups excluding carboxylic acids is 4. The molecule has 6 rings (SSSR count). The van der Waals surface area contributed by atoms with E-state index in [0.29, 0.717) is 57.8 Å². The van der Waals surface area contributed by atoms with Gasteiger partial charge in [-0.3, -0.25) is 19.2 Å². The molecule has 1 aromatic rings. The van der Waals surface area contributed by atoms with Crippen molar-refractivity contribution in [1.29, 1.82) is 0 Å². The zero-order valence-electron chi connectivity index (χ0n) is 42.0. The largest absolute Gasteiger partial charge is 0.453 e. The van der Waals surface area contributed by atoms with Gasteiger partial charge >= 0.3 is 5.97 Å². The highest BCUT2D eigenvalue weighted by Crippen LogP contribution is 2.54. The molecular weight excluding hydrogens is 855 g/mol. The average Bonchev–Trinajstić information content (AvgIpc) is 3.65. The number of carbonyl (C=O) groups is 4. The van der Waals surface area contributed by atoms with Crippen LogP contribution in [0.1, 0.15) is 146 Å². The molecule has 5 aliphatic heterocycles. The molecule has 13 heteroatoms. The van der Waals surface area contributed by atoms with Gasteiger partial charge in [0.05, 0.1) is 54.4 Å². The van der Waals surface area contributed by atoms with Gasteiger partial charge in [-0.25, -0.2) is 0 Å². The van der Waals surface area contributed by atoms with Gasteiger partial charge in [-0.1, -0.05) is 85.7 Å². The topological polar surface area (TPSA) is 176 Å². The van der Waals surface area contributed by atoms with Crippen LogP contribution >= 0.6 is 0 Å². The Hall–Kier alpha value is -3.30. The minimum Gasteiger partial charge on any atom is -0.453 e. The van der Waals surface area contributed by atoms with Crippen LogP contribution in [0.4, 0.5) is 0 Å². The van der Waals surface area contributed by atoms with Crippen molar-refractivity contribution in [2.24, 2.45) is 41.4 Å². The fourth-order valence-corrected chi connectivity index (χ4v) is 12.0. The SMILES string of the molecule is CCC(C(=O)CNC(=O)/C=C/c1ccccc1)[C@H]1CC[C@H](C)[C@H](C(C)C(O)[C@H](C)C(=O)[C@H](CC)[C@H]2O[C@]3(C=C[C@@H](OC(C)=O)[C@]4(CC[C@@](C)([C@H]5CC[C@](O)(CC)C(C)O5)O4)O3)C(C)CC2C)O1. The van der Waals surface area contributed by atoms with E-state index in [1.54, 1.807) is 13.0 Å². The summed E-state index contributed by atoms with van der Waals surface area (Å²) >= 11 is 0. The lowest BCUT2D eigenvalue weighted by Gasteiger charge is -2.54. The second-order valence-electron chi connectivity index (χ2n) is 21.1. The lowest BCUT2D eigenvalue weighted by atomic mass is 9.72. The van der Waals surface area contributed by atoms with Crippen LogP contribution in [0.25, 0.3) is 6.08 Å². The van der Waals surface area contributed by atoms with Crippen molar-refractivity contribution in [1.82, 2.24) is 5.32 Å². The molecule has 5 aliphatic rings. The number of nitrogens with one attached hydrogen (secondary N) is 1. The van der Waals surface area contributed by atoms with Gasteiger partial charge < -0.3 is 44.0 Å². The zero-order chi connectivity index (χ0) is 49.1. The Kier molecular flexibility index (Phi) is 17.2. The molecule has 13 nitrogen and oxygen atoms in total. The van der Waals surface area contributed by atoms with Crippen LogP contribution in [0, 0.1) is 41.4 Å². The van der Waals surface area contributed by atoms with E-state index in [4.69, 9.17) is 28.4 Å². The quantitative estimate of drug-likeness (QED) is 0.0780. The summed E-state index contributed by atoms with van der Waals surface area (Å²) in [5.74, 6) is -6.03. The summed E-state index contributed by atoms with van der Waals surface area (Å²) in [4.78, 5) is 53.4. The highest BCUT2D eigenvalue weighted by molar-refractivity contribution is 5.95. The number of aliphatic hydroxyl groups excluding tert-OH is 1. The molecule has 0 bridgehead atoms. The standard InChI is InChI=1S/C54H81NO12/c1-12-40(42(57)31-55-46(58)23-21-39-18-16-15-17-19-39)43-22-20-32(4)49(64-43)36(8)47(59)35(7)48(60)41(13-2)50-33(5)30-34(6)53(65-50)27-25-45(63-38(10)56)54(67-53)29-28-51(11,66-54)44-24-26-52(61,14-3)37(9)62-44/h15-19,21,23,25,27,32-37,40-41,43-45,47,49-50,59,61H,12-14,20,22,24,26,28-31H2,1-11H3,(H,55,58)/b23-21+/t32-,33?,34?,35-,36?,37?,40?,41-,43+,44+,45+,47?,49+,50-,51-,52+,53-,54-/m0/s1. The van der Waals surface area contributed by atoms with Crippen molar-refractivity contribution in [3.8, 4) is 0 Å². The number of hydrogen-bond donors (Lipinski definition) is 3. The van der Waals surface area contributed by atoms with Crippen LogP contribution in [0.3, 0.4) is 0 Å². The monoisotopic (exact) mass is 936 g/mol. The first kappa shape index (κ1) is 53.1. The number of rotatable bonds is 17. The molecule has 6 unspecified atom stereocenters. The molecule has 0 saturated carbocycles. The molecule has 4 fully saturated rings. The number of aliphatic hydroxyl groups is 2. The van der Waals surface area contributed by atoms with Gasteiger partial charge in [-0.2, -0.15) is 0 Å². The van der Waals surface area contributed by atoms with Gasteiger partial charge in [0.15, 0.2) is 17.7 Å². The van der Waals surface area contributed by atoms with Crippen LogP contribution in [0.5, 0.6) is 0 Å². The first-order valence-electron chi connectivity index (χ1n) is 25.4. The second kappa shape index (κ2) is 21.8. The minimum atomic E-state index is -1.39. The van der Waals surface area contributed by atoms with E-state index in [-0.39, 0.29) is 54.0 Å². The third kappa shape index (κ3) is 11.3. The van der Waals surface area contributed by atoms with Crippen LogP contribution < -0.4 is 5.32 Å². The lowest BCUT2D eigenvalue weighted by molar-refractivity contribution is -0.409. The molecule has 3 N–H and O–H groups in total. The highest BCUT2D eigenvalue weighted by atomic mass is 16.8. The normalized spacial score (nSPS) is 38.9. The Bertz CT molecular complexity index is 1940. The molecule has 67 heavy (non-hydrogen) atoms. The molecule has 5 heterocycles. The Morgan fingerprint density at radius 1 is 0.896 bits per heavy atom. The van der Waals surface area contributed by atoms with E-state index in [0.717, 1.165) is 12.0 Å². The van der Waals surface area contributed by atoms with Crippen molar-refractivity contribution < 1.29 is 57.8 Å². The zero-order valence-corrected chi connectivity index (χ0v) is 42.0. The number of amides is 1. The van der Waals surface area contributed by atoms with E-state index in [1.807, 2.05) is 84.0 Å². The molecule has 1 aromatic carbocycles. The maximum Gasteiger partial charge on any atom is 0.303 e. The van der Waals surface area contributed by atoms with Crippen LogP contribution in [-0.4, -0.2) is 106 Å². The highest BCUT2D eigenvalue weighted by Gasteiger charge is 2.64. The smallest absolute Gasteiger partial charge is 0.303 e. The number of ether oxygens (including phenoxy) is 6. The molecule has 18 atom stereocenters. The number of hydrogen-bond acceptors (Lipinski definition) is 12. The second-order valence-corrected chi connectivity index (χ2v) is 21.1. The molecular formula is C54H81NO12. The van der Waals surface area contributed by atoms with Crippen molar-refractivity contribution in [3.05, 3.63) is 54.1 Å². The number of benzene rings is 1. The molecule has 1 amide bonds. The van der Waals surface area contributed by atoms with Gasteiger partial charge in [0.2, 0.25) is 11.7 Å². The number of esters is 1. The van der Waals surface area contributed by atoms with Crippen molar-refractivity contribution >= 4 is 29.5 Å². The van der Waals surface area contributed by atoms with E-state index in [2.05, 4.69) is 26.1 Å². The number of ketones is 2. The van der Waals surface area contributed by atoms with Crippen molar-refractivity contribution in [2.75, 3.05) is 6.54 Å². The Labute approximate surface area is 399 Å². The third-order valence-corrected chi connectivity index (χ3v) is 16.5. The maximum atomic E-state index is 14.8. The van der Waals surface area contributed by atoms with Crippen LogP contribution in [0.15, 0.2) is 48.6 Å². The van der Waals surface area contributed by atoms with Gasteiger partial charge in [-0.15, -0.1) is 0 Å². The first-order valence-corrected chi connectivity index (χ1v) is 25.4. The average molecular weight is 936 g/mol. The Morgan fingerprint density at radius 2 is 1.60 bits per heavy atom. The van der Waals surface area contributed by atoms with Crippen LogP contribution in [0.2, 0.25) is 0 Å². The van der Waals surface area contributed by atoms with Gasteiger partial charge in [0.1, 0.15) is 5.78 Å². The third-order valence-electron chi connectivity index (χ3n) is 16.5. The fraction of sp³-hybridized carbons (Fsp3) is 0.741. The fourth-order valence-electron chi connectivity index (χ4n) is 12.0. The summed E-state index contributed by atoms with van der Waals surface area (Å²) in [7, 11) is 0.